The van der Waals surface area contributed by atoms with E-state index in [0.717, 1.165) is 11.3 Å². The number of rotatable bonds is 1. The molecule has 6 rings (SSSR count). The molecule has 2 heteroatoms. The van der Waals surface area contributed by atoms with Crippen molar-refractivity contribution in [2.45, 2.75) is 12.0 Å². The molecular formula is C25H18N2. The van der Waals surface area contributed by atoms with Gasteiger partial charge in [0.05, 0.1) is 17.1 Å². The molecule has 0 radical (unpaired) electrons. The third-order valence-electron chi connectivity index (χ3n) is 5.76. The molecule has 128 valence electrons. The Kier molecular flexibility index (Phi) is 3.03. The zero-order valence-corrected chi connectivity index (χ0v) is 14.8. The lowest BCUT2D eigenvalue weighted by Gasteiger charge is -2.34. The van der Waals surface area contributed by atoms with Crippen LogP contribution in [-0.4, -0.2) is 9.55 Å². The topological polar surface area (TPSA) is 17.8 Å². The first-order valence-corrected chi connectivity index (χ1v) is 9.42. The quantitative estimate of drug-likeness (QED) is 0.405. The minimum Gasteiger partial charge on any atom is -0.316 e. The molecule has 0 spiro atoms. The fraction of sp³-hybridized carbons (Fsp3) is 0.0800. The first kappa shape index (κ1) is 14.7. The van der Waals surface area contributed by atoms with E-state index < -0.39 is 0 Å². The number of fused-ring (bicyclic) bond motifs is 8. The fourth-order valence-corrected chi connectivity index (χ4v) is 4.52. The van der Waals surface area contributed by atoms with E-state index in [1.807, 2.05) is 0 Å². The van der Waals surface area contributed by atoms with Gasteiger partial charge in [0.2, 0.25) is 0 Å². The Morgan fingerprint density at radius 2 is 1.56 bits per heavy atom. The molecule has 0 bridgehead atoms. The van der Waals surface area contributed by atoms with E-state index in [2.05, 4.69) is 102 Å². The molecule has 3 aromatic carbocycles. The summed E-state index contributed by atoms with van der Waals surface area (Å²) in [5.74, 6) is 1.42. The maximum Gasteiger partial charge on any atom is 0.142 e. The number of allylic oxidation sites excluding steroid dienone is 4. The second-order valence-corrected chi connectivity index (χ2v) is 7.25. The van der Waals surface area contributed by atoms with E-state index in [1.54, 1.807) is 0 Å². The number of hydrogen-bond donors (Lipinski definition) is 0. The summed E-state index contributed by atoms with van der Waals surface area (Å²) in [6, 6.07) is 26.2. The van der Waals surface area contributed by atoms with Gasteiger partial charge in [0, 0.05) is 11.5 Å². The minimum absolute atomic E-state index is 0.285. The maximum absolute atomic E-state index is 5.03. The maximum atomic E-state index is 5.03. The third kappa shape index (κ3) is 2.10. The summed E-state index contributed by atoms with van der Waals surface area (Å²) in [4.78, 5) is 5.03. The van der Waals surface area contributed by atoms with Gasteiger partial charge in [-0.3, -0.25) is 0 Å². The van der Waals surface area contributed by atoms with Gasteiger partial charge >= 0.3 is 0 Å². The normalized spacial score (nSPS) is 19.6. The summed E-state index contributed by atoms with van der Waals surface area (Å²) < 4.78 is 2.41. The molecule has 0 saturated carbocycles. The molecule has 2 atom stereocenters. The highest BCUT2D eigenvalue weighted by atomic mass is 15.1. The molecule has 0 fully saturated rings. The standard InChI is InChI=1S/C25H18N2/c1-2-8-17(9-3-1)18-14-15-19-20-10-4-6-12-23(20)27-24-13-7-5-11-22(24)26-25(27)21(19)16-18/h1-16,20,23H. The van der Waals surface area contributed by atoms with Crippen LogP contribution in [0.1, 0.15) is 17.5 Å². The lowest BCUT2D eigenvalue weighted by Crippen LogP contribution is -2.22. The summed E-state index contributed by atoms with van der Waals surface area (Å²) >= 11 is 0. The SMILES string of the molecule is C1=CC2c3ccc(-c4ccccc4)cc3-c3nc4ccccc4n3C2C=C1. The second-order valence-electron chi connectivity index (χ2n) is 7.25. The molecule has 0 N–H and O–H groups in total. The first-order chi connectivity index (χ1) is 13.4. The number of para-hydroxylation sites is 2. The molecule has 0 amide bonds. The smallest absolute Gasteiger partial charge is 0.142 e. The Morgan fingerprint density at radius 3 is 2.48 bits per heavy atom. The Labute approximate surface area is 158 Å². The van der Waals surface area contributed by atoms with E-state index in [1.165, 1.54) is 27.8 Å². The van der Waals surface area contributed by atoms with Crippen molar-refractivity contribution >= 4 is 11.0 Å². The Morgan fingerprint density at radius 1 is 0.741 bits per heavy atom. The van der Waals surface area contributed by atoms with Crippen molar-refractivity contribution in [1.29, 1.82) is 0 Å². The summed E-state index contributed by atoms with van der Waals surface area (Å²) in [6.07, 6.45) is 8.95. The predicted molar refractivity (Wildman–Crippen MR) is 111 cm³/mol. The Balaban J connectivity index is 1.66. The van der Waals surface area contributed by atoms with E-state index in [4.69, 9.17) is 4.98 Å². The second kappa shape index (κ2) is 5.55. The van der Waals surface area contributed by atoms with Crippen molar-refractivity contribution in [3.8, 4) is 22.5 Å². The molecule has 1 aliphatic heterocycles. The van der Waals surface area contributed by atoms with Crippen LogP contribution in [0.25, 0.3) is 33.5 Å². The molecule has 4 aromatic rings. The molecule has 2 nitrogen and oxygen atoms in total. The van der Waals surface area contributed by atoms with E-state index >= 15 is 0 Å². The van der Waals surface area contributed by atoms with Crippen LogP contribution in [-0.2, 0) is 0 Å². The molecule has 1 aromatic heterocycles. The fourth-order valence-electron chi connectivity index (χ4n) is 4.52. The largest absolute Gasteiger partial charge is 0.316 e. The number of aromatic nitrogens is 2. The van der Waals surface area contributed by atoms with Gasteiger partial charge in [0.25, 0.3) is 0 Å². The minimum atomic E-state index is 0.285. The first-order valence-electron chi connectivity index (χ1n) is 9.42. The Bertz CT molecular complexity index is 1230. The van der Waals surface area contributed by atoms with Crippen LogP contribution in [0.5, 0.6) is 0 Å². The average molecular weight is 346 g/mol. The Hall–Kier alpha value is -3.39. The highest BCUT2D eigenvalue weighted by Gasteiger charge is 2.33. The predicted octanol–water partition coefficient (Wildman–Crippen LogP) is 6.13. The lowest BCUT2D eigenvalue weighted by atomic mass is 9.81. The molecular weight excluding hydrogens is 328 g/mol. The molecule has 2 heterocycles. The van der Waals surface area contributed by atoms with E-state index in [-0.39, 0.29) is 6.04 Å². The monoisotopic (exact) mass is 346 g/mol. The van der Waals surface area contributed by atoms with Crippen LogP contribution < -0.4 is 0 Å². The average Bonchev–Trinajstić information content (AvgIpc) is 3.14. The van der Waals surface area contributed by atoms with Crippen molar-refractivity contribution in [2.24, 2.45) is 0 Å². The van der Waals surface area contributed by atoms with Crippen molar-refractivity contribution in [2.75, 3.05) is 0 Å². The summed E-state index contributed by atoms with van der Waals surface area (Å²) in [5, 5.41) is 0. The zero-order chi connectivity index (χ0) is 17.8. The van der Waals surface area contributed by atoms with Crippen molar-refractivity contribution in [3.05, 3.63) is 103 Å². The van der Waals surface area contributed by atoms with E-state index in [0.29, 0.717) is 5.92 Å². The summed E-state index contributed by atoms with van der Waals surface area (Å²) in [5.41, 5.74) is 7.35. The lowest BCUT2D eigenvalue weighted by molar-refractivity contribution is 0.548. The van der Waals surface area contributed by atoms with Crippen LogP contribution >= 0.6 is 0 Å². The molecule has 0 saturated heterocycles. The number of hydrogen-bond acceptors (Lipinski definition) is 1. The van der Waals surface area contributed by atoms with Crippen molar-refractivity contribution < 1.29 is 0 Å². The van der Waals surface area contributed by atoms with Crippen molar-refractivity contribution in [3.63, 3.8) is 0 Å². The van der Waals surface area contributed by atoms with Crippen LogP contribution in [0.3, 0.4) is 0 Å². The molecule has 2 aliphatic rings. The van der Waals surface area contributed by atoms with Gasteiger partial charge in [0.15, 0.2) is 0 Å². The van der Waals surface area contributed by atoms with Gasteiger partial charge in [-0.2, -0.15) is 0 Å². The van der Waals surface area contributed by atoms with Crippen molar-refractivity contribution in [1.82, 2.24) is 9.55 Å². The van der Waals surface area contributed by atoms with Gasteiger partial charge in [-0.25, -0.2) is 4.98 Å². The van der Waals surface area contributed by atoms with Crippen LogP contribution in [0.4, 0.5) is 0 Å². The van der Waals surface area contributed by atoms with Gasteiger partial charge in [-0.05, 0) is 34.9 Å². The number of benzene rings is 3. The van der Waals surface area contributed by atoms with Gasteiger partial charge in [-0.15, -0.1) is 0 Å². The van der Waals surface area contributed by atoms with Crippen LogP contribution in [0, 0.1) is 0 Å². The van der Waals surface area contributed by atoms with Gasteiger partial charge in [0.1, 0.15) is 5.82 Å². The van der Waals surface area contributed by atoms with Crippen LogP contribution in [0.2, 0.25) is 0 Å². The molecule has 1 aliphatic carbocycles. The highest BCUT2D eigenvalue weighted by molar-refractivity contribution is 5.85. The van der Waals surface area contributed by atoms with E-state index in [9.17, 15) is 0 Å². The molecule has 2 unspecified atom stereocenters. The molecule has 27 heavy (non-hydrogen) atoms. The zero-order valence-electron chi connectivity index (χ0n) is 14.8. The number of imidazole rings is 1. The summed E-state index contributed by atoms with van der Waals surface area (Å²) in [6.45, 7) is 0. The third-order valence-corrected chi connectivity index (χ3v) is 5.76. The van der Waals surface area contributed by atoms with Gasteiger partial charge < -0.3 is 4.57 Å². The van der Waals surface area contributed by atoms with Crippen LogP contribution in [0.15, 0.2) is 97.1 Å². The highest BCUT2D eigenvalue weighted by Crippen LogP contribution is 2.47. The van der Waals surface area contributed by atoms with Gasteiger partial charge in [-0.1, -0.05) is 78.9 Å². The summed E-state index contributed by atoms with van der Waals surface area (Å²) in [7, 11) is 0. The number of nitrogens with zero attached hydrogens (tertiary/aromatic N) is 2.